The van der Waals surface area contributed by atoms with E-state index in [0.29, 0.717) is 0 Å². The van der Waals surface area contributed by atoms with Crippen molar-refractivity contribution < 1.29 is 20.1 Å². The molecule has 0 amide bonds. The van der Waals surface area contributed by atoms with E-state index < -0.39 is 18.3 Å². The van der Waals surface area contributed by atoms with Crippen LogP contribution in [0.4, 0.5) is 0 Å². The Hall–Kier alpha value is -0.160. The van der Waals surface area contributed by atoms with Crippen LogP contribution in [0.5, 0.6) is 0 Å². The van der Waals surface area contributed by atoms with Gasteiger partial charge in [0.1, 0.15) is 6.10 Å². The molecule has 4 atom stereocenters. The first-order chi connectivity index (χ1) is 5.11. The first-order valence-corrected chi connectivity index (χ1v) is 3.77. The summed E-state index contributed by atoms with van der Waals surface area (Å²) in [5.74, 6) is 0. The summed E-state index contributed by atoms with van der Waals surface area (Å²) >= 11 is 0. The highest BCUT2D eigenvalue weighted by atomic mass is 16.5. The Kier molecular flexibility index (Phi) is 2.84. The summed E-state index contributed by atoms with van der Waals surface area (Å²) in [6.45, 7) is 1.81. The van der Waals surface area contributed by atoms with Crippen molar-refractivity contribution in [1.29, 1.82) is 0 Å². The zero-order valence-corrected chi connectivity index (χ0v) is 6.47. The van der Waals surface area contributed by atoms with Crippen LogP contribution in [0.25, 0.3) is 0 Å². The molecule has 4 heteroatoms. The van der Waals surface area contributed by atoms with Crippen LogP contribution in [0.2, 0.25) is 0 Å². The van der Waals surface area contributed by atoms with Gasteiger partial charge in [-0.05, 0) is 6.92 Å². The quantitative estimate of drug-likeness (QED) is 0.422. The lowest BCUT2D eigenvalue weighted by atomic mass is 10.1. The smallest absolute Gasteiger partial charge is 0.103 e. The molecule has 0 aliphatic carbocycles. The van der Waals surface area contributed by atoms with Crippen LogP contribution in [0.15, 0.2) is 0 Å². The second-order valence-electron chi connectivity index (χ2n) is 2.98. The Bertz CT molecular complexity index is 114. The predicted octanol–water partition coefficient (Wildman–Crippen LogP) is -1.12. The molecule has 0 spiro atoms. The van der Waals surface area contributed by atoms with E-state index in [4.69, 9.17) is 14.9 Å². The van der Waals surface area contributed by atoms with Crippen molar-refractivity contribution in [2.75, 3.05) is 6.61 Å². The summed E-state index contributed by atoms with van der Waals surface area (Å²) in [4.78, 5) is 0. The summed E-state index contributed by atoms with van der Waals surface area (Å²) in [5, 5.41) is 27.5. The predicted molar refractivity (Wildman–Crippen MR) is 38.1 cm³/mol. The van der Waals surface area contributed by atoms with Crippen molar-refractivity contribution in [3.63, 3.8) is 0 Å². The molecule has 1 saturated heterocycles. The second kappa shape index (κ2) is 3.49. The van der Waals surface area contributed by atoms with Gasteiger partial charge in [-0.25, -0.2) is 0 Å². The molecular formula is C7H14O4. The maximum Gasteiger partial charge on any atom is 0.103 e. The molecule has 0 aromatic heterocycles. The van der Waals surface area contributed by atoms with Gasteiger partial charge in [-0.3, -0.25) is 0 Å². The van der Waals surface area contributed by atoms with Gasteiger partial charge < -0.3 is 20.1 Å². The van der Waals surface area contributed by atoms with E-state index in [1.54, 1.807) is 6.92 Å². The van der Waals surface area contributed by atoms with Gasteiger partial charge in [0, 0.05) is 6.42 Å². The van der Waals surface area contributed by atoms with Gasteiger partial charge in [0.15, 0.2) is 0 Å². The minimum absolute atomic E-state index is 0.0966. The maximum absolute atomic E-state index is 9.25. The Morgan fingerprint density at radius 3 is 2.36 bits per heavy atom. The topological polar surface area (TPSA) is 69.9 Å². The zero-order chi connectivity index (χ0) is 8.43. The molecule has 4 nitrogen and oxygen atoms in total. The van der Waals surface area contributed by atoms with E-state index in [9.17, 15) is 5.11 Å². The van der Waals surface area contributed by atoms with Crippen molar-refractivity contribution in [2.45, 2.75) is 37.8 Å². The first-order valence-electron chi connectivity index (χ1n) is 3.77. The third-order valence-corrected chi connectivity index (χ3v) is 2.00. The molecule has 3 N–H and O–H groups in total. The molecule has 1 aliphatic heterocycles. The number of hydrogen-bond acceptors (Lipinski definition) is 4. The van der Waals surface area contributed by atoms with Crippen molar-refractivity contribution in [3.05, 3.63) is 0 Å². The van der Waals surface area contributed by atoms with Crippen LogP contribution in [-0.2, 0) is 4.74 Å². The number of rotatable bonds is 0. The van der Waals surface area contributed by atoms with Crippen molar-refractivity contribution >= 4 is 0 Å². The van der Waals surface area contributed by atoms with E-state index in [1.807, 2.05) is 0 Å². The fourth-order valence-corrected chi connectivity index (χ4v) is 1.07. The van der Waals surface area contributed by atoms with Crippen molar-refractivity contribution in [3.8, 4) is 0 Å². The molecule has 11 heavy (non-hydrogen) atoms. The molecule has 1 heterocycles. The van der Waals surface area contributed by atoms with Crippen LogP contribution < -0.4 is 0 Å². The molecule has 1 aliphatic rings. The van der Waals surface area contributed by atoms with Gasteiger partial charge in [-0.15, -0.1) is 0 Å². The lowest BCUT2D eigenvalue weighted by Gasteiger charge is -2.15. The molecule has 66 valence electrons. The molecule has 2 unspecified atom stereocenters. The van der Waals surface area contributed by atoms with Crippen LogP contribution in [0.1, 0.15) is 13.3 Å². The lowest BCUT2D eigenvalue weighted by molar-refractivity contribution is -0.0405. The minimum atomic E-state index is -0.866. The lowest BCUT2D eigenvalue weighted by Crippen LogP contribution is -2.30. The standard InChI is InChI=1S/C7H14O4/c1-4-5(8)2-6(9)7(10)3-11-4/h4-10H,2-3H2,1H3/t4-,5?,6-,7?/m0/s1. The fraction of sp³-hybridized carbons (Fsp3) is 1.00. The minimum Gasteiger partial charge on any atom is -0.390 e. The highest BCUT2D eigenvalue weighted by molar-refractivity contribution is 4.78. The monoisotopic (exact) mass is 162 g/mol. The Balaban J connectivity index is 2.51. The van der Waals surface area contributed by atoms with Gasteiger partial charge in [0.2, 0.25) is 0 Å². The number of aliphatic hydroxyl groups excluding tert-OH is 3. The molecular weight excluding hydrogens is 148 g/mol. The molecule has 0 saturated carbocycles. The van der Waals surface area contributed by atoms with Gasteiger partial charge >= 0.3 is 0 Å². The third kappa shape index (κ3) is 2.13. The van der Waals surface area contributed by atoms with E-state index in [1.165, 1.54) is 0 Å². The summed E-state index contributed by atoms with van der Waals surface area (Å²) in [5.41, 5.74) is 0. The van der Waals surface area contributed by atoms with E-state index in [0.717, 1.165) is 0 Å². The first kappa shape index (κ1) is 8.93. The number of aliphatic hydroxyl groups is 3. The van der Waals surface area contributed by atoms with E-state index >= 15 is 0 Å². The summed E-state index contributed by atoms with van der Waals surface area (Å²) < 4.78 is 5.04. The largest absolute Gasteiger partial charge is 0.390 e. The molecule has 1 rings (SSSR count). The Morgan fingerprint density at radius 1 is 1.09 bits per heavy atom. The zero-order valence-electron chi connectivity index (χ0n) is 6.47. The van der Waals surface area contributed by atoms with Gasteiger partial charge in [-0.2, -0.15) is 0 Å². The average molecular weight is 162 g/mol. The van der Waals surface area contributed by atoms with Crippen molar-refractivity contribution in [2.24, 2.45) is 0 Å². The van der Waals surface area contributed by atoms with Gasteiger partial charge in [-0.1, -0.05) is 0 Å². The molecule has 0 bridgehead atoms. The molecule has 0 radical (unpaired) electrons. The highest BCUT2D eigenvalue weighted by Crippen LogP contribution is 2.14. The van der Waals surface area contributed by atoms with E-state index in [-0.39, 0.29) is 19.1 Å². The van der Waals surface area contributed by atoms with Crippen LogP contribution in [0.3, 0.4) is 0 Å². The third-order valence-electron chi connectivity index (χ3n) is 2.00. The average Bonchev–Trinajstić information content (AvgIpc) is 2.05. The van der Waals surface area contributed by atoms with E-state index in [2.05, 4.69) is 0 Å². The number of ether oxygens (including phenoxy) is 1. The maximum atomic E-state index is 9.25. The Morgan fingerprint density at radius 2 is 1.73 bits per heavy atom. The summed E-state index contributed by atoms with van der Waals surface area (Å²) in [6.07, 6.45) is -2.53. The fourth-order valence-electron chi connectivity index (χ4n) is 1.07. The normalized spacial score (nSPS) is 46.9. The SMILES string of the molecule is C[C@@H]1OCC(O)[C@@H](O)CC1O. The molecule has 0 aromatic rings. The van der Waals surface area contributed by atoms with Gasteiger partial charge in [0.25, 0.3) is 0 Å². The van der Waals surface area contributed by atoms with Crippen LogP contribution in [-0.4, -0.2) is 46.3 Å². The number of hydrogen-bond donors (Lipinski definition) is 3. The van der Waals surface area contributed by atoms with Crippen LogP contribution in [0, 0.1) is 0 Å². The second-order valence-corrected chi connectivity index (χ2v) is 2.98. The summed E-state index contributed by atoms with van der Waals surface area (Å²) in [6, 6.07) is 0. The van der Waals surface area contributed by atoms with Gasteiger partial charge in [0.05, 0.1) is 24.9 Å². The summed E-state index contributed by atoms with van der Waals surface area (Å²) in [7, 11) is 0. The Labute approximate surface area is 65.4 Å². The van der Waals surface area contributed by atoms with Crippen molar-refractivity contribution in [1.82, 2.24) is 0 Å². The molecule has 1 fully saturated rings. The highest BCUT2D eigenvalue weighted by Gasteiger charge is 2.28. The molecule has 0 aromatic carbocycles. The van der Waals surface area contributed by atoms with Crippen LogP contribution >= 0.6 is 0 Å².